The number of aryl methyl sites for hydroxylation is 1. The van der Waals surface area contributed by atoms with Crippen LogP contribution in [0.15, 0.2) is 60.7 Å². The largest absolute Gasteiger partial charge is 0.324 e. The van der Waals surface area contributed by atoms with Crippen molar-refractivity contribution in [2.75, 3.05) is 30.7 Å². The van der Waals surface area contributed by atoms with Crippen molar-refractivity contribution in [2.45, 2.75) is 24.6 Å². The van der Waals surface area contributed by atoms with Gasteiger partial charge in [-0.3, -0.25) is 4.79 Å². The van der Waals surface area contributed by atoms with Gasteiger partial charge in [0.15, 0.2) is 0 Å². The Morgan fingerprint density at radius 1 is 1.00 bits per heavy atom. The molecule has 2 aromatic carbocycles. The third-order valence-corrected chi connectivity index (χ3v) is 7.35. The van der Waals surface area contributed by atoms with Crippen LogP contribution in [0.5, 0.6) is 0 Å². The Morgan fingerprint density at radius 2 is 1.70 bits per heavy atom. The number of hydrogen-bond acceptors (Lipinski definition) is 3. The minimum Gasteiger partial charge on any atom is -0.324 e. The fraction of sp³-hybridized carbons (Fsp3) is 0.333. The van der Waals surface area contributed by atoms with Gasteiger partial charge in [-0.15, -0.1) is 11.8 Å². The van der Waals surface area contributed by atoms with Gasteiger partial charge >= 0.3 is 6.03 Å². The monoisotopic (exact) mass is 421 g/mol. The molecule has 0 atom stereocenters. The highest BCUT2D eigenvalue weighted by Gasteiger charge is 2.46. The number of benzene rings is 2. The maximum Gasteiger partial charge on any atom is 0.321 e. The fourth-order valence-electron chi connectivity index (χ4n) is 4.05. The molecular formula is C24H27N3O2S. The molecule has 0 radical (unpaired) electrons. The number of carbonyl (C=O) groups is 2. The topological polar surface area (TPSA) is 52.7 Å². The molecular weight excluding hydrogens is 394 g/mol. The first-order chi connectivity index (χ1) is 14.6. The quantitative estimate of drug-likeness (QED) is 0.737. The summed E-state index contributed by atoms with van der Waals surface area (Å²) in [6, 6.07) is 17.6. The summed E-state index contributed by atoms with van der Waals surface area (Å²) in [7, 11) is 0. The number of rotatable bonds is 3. The fourth-order valence-corrected chi connectivity index (χ4v) is 5.52. The van der Waals surface area contributed by atoms with Crippen LogP contribution in [-0.2, 0) is 4.79 Å². The van der Waals surface area contributed by atoms with Crippen molar-refractivity contribution in [1.82, 2.24) is 9.80 Å². The number of likely N-dealkylation sites (tertiary alicyclic amines) is 1. The zero-order chi connectivity index (χ0) is 21.0. The van der Waals surface area contributed by atoms with Gasteiger partial charge in [-0.1, -0.05) is 48.0 Å². The number of carbonyl (C=O) groups excluding carboxylic acids is 2. The first kappa shape index (κ1) is 20.5. The van der Waals surface area contributed by atoms with Crippen LogP contribution in [0.25, 0.3) is 6.08 Å². The van der Waals surface area contributed by atoms with Gasteiger partial charge in [0.2, 0.25) is 5.91 Å². The number of nitrogens with zero attached hydrogens (tertiary/aromatic N) is 2. The van der Waals surface area contributed by atoms with Gasteiger partial charge in [0, 0.05) is 37.2 Å². The van der Waals surface area contributed by atoms with E-state index >= 15 is 0 Å². The highest BCUT2D eigenvalue weighted by atomic mass is 32.2. The Labute approximate surface area is 182 Å². The standard InChI is InChI=1S/C24H27N3O2S/c1-19-7-10-21(11-8-19)25-23(29)26-15-13-24(14-16-26)27(17-18-30-24)22(28)12-9-20-5-3-2-4-6-20/h2-12H,13-18H2,1H3,(H,25,29). The minimum atomic E-state index is -0.196. The molecule has 2 aliphatic rings. The first-order valence-electron chi connectivity index (χ1n) is 10.4. The summed E-state index contributed by atoms with van der Waals surface area (Å²) in [6.45, 7) is 4.09. The van der Waals surface area contributed by atoms with Crippen LogP contribution in [0.1, 0.15) is 24.0 Å². The summed E-state index contributed by atoms with van der Waals surface area (Å²) >= 11 is 1.86. The molecule has 0 bridgehead atoms. The van der Waals surface area contributed by atoms with Crippen LogP contribution in [0.3, 0.4) is 0 Å². The van der Waals surface area contributed by atoms with E-state index < -0.39 is 0 Å². The average molecular weight is 422 g/mol. The maximum atomic E-state index is 12.9. The van der Waals surface area contributed by atoms with E-state index in [2.05, 4.69) is 5.32 Å². The number of amides is 3. The highest BCUT2D eigenvalue weighted by molar-refractivity contribution is 8.00. The summed E-state index contributed by atoms with van der Waals surface area (Å²) in [5, 5.41) is 2.98. The summed E-state index contributed by atoms with van der Waals surface area (Å²) in [4.78, 5) is 29.2. The van der Waals surface area contributed by atoms with Crippen LogP contribution in [0, 0.1) is 6.92 Å². The molecule has 0 aliphatic carbocycles. The van der Waals surface area contributed by atoms with Crippen molar-refractivity contribution < 1.29 is 9.59 Å². The molecule has 2 saturated heterocycles. The lowest BCUT2D eigenvalue weighted by Gasteiger charge is -2.43. The molecule has 6 heteroatoms. The lowest BCUT2D eigenvalue weighted by molar-refractivity contribution is -0.129. The van der Waals surface area contributed by atoms with Crippen LogP contribution in [0.4, 0.5) is 10.5 Å². The van der Waals surface area contributed by atoms with Crippen molar-refractivity contribution in [1.29, 1.82) is 0 Å². The summed E-state index contributed by atoms with van der Waals surface area (Å²) in [5.74, 6) is 1.00. The van der Waals surface area contributed by atoms with Crippen LogP contribution < -0.4 is 5.32 Å². The third-order valence-electron chi connectivity index (χ3n) is 5.80. The van der Waals surface area contributed by atoms with Crippen molar-refractivity contribution >= 4 is 35.5 Å². The van der Waals surface area contributed by atoms with Gasteiger partial charge in [-0.2, -0.15) is 0 Å². The second-order valence-corrected chi connectivity index (χ2v) is 9.27. The van der Waals surface area contributed by atoms with E-state index in [1.165, 1.54) is 0 Å². The lowest BCUT2D eigenvalue weighted by Crippen LogP contribution is -2.53. The number of thioether (sulfide) groups is 1. The van der Waals surface area contributed by atoms with E-state index in [-0.39, 0.29) is 16.8 Å². The van der Waals surface area contributed by atoms with Crippen molar-refractivity contribution in [3.05, 3.63) is 71.8 Å². The number of urea groups is 1. The van der Waals surface area contributed by atoms with Crippen LogP contribution in [-0.4, -0.2) is 52.0 Å². The molecule has 2 heterocycles. The van der Waals surface area contributed by atoms with Crippen molar-refractivity contribution in [3.63, 3.8) is 0 Å². The second-order valence-electron chi connectivity index (χ2n) is 7.81. The summed E-state index contributed by atoms with van der Waals surface area (Å²) in [5.41, 5.74) is 3.00. The Bertz CT molecular complexity index is 919. The Morgan fingerprint density at radius 3 is 2.40 bits per heavy atom. The molecule has 156 valence electrons. The van der Waals surface area contributed by atoms with Crippen LogP contribution >= 0.6 is 11.8 Å². The highest BCUT2D eigenvalue weighted by Crippen LogP contribution is 2.44. The number of anilines is 1. The molecule has 30 heavy (non-hydrogen) atoms. The molecule has 1 N–H and O–H groups in total. The Kier molecular flexibility index (Phi) is 6.13. The molecule has 0 unspecified atom stereocenters. The van der Waals surface area contributed by atoms with Crippen molar-refractivity contribution in [2.24, 2.45) is 0 Å². The molecule has 2 aliphatic heterocycles. The van der Waals surface area contributed by atoms with Gasteiger partial charge in [-0.05, 0) is 43.5 Å². The molecule has 2 fully saturated rings. The van der Waals surface area contributed by atoms with E-state index in [1.807, 2.05) is 89.2 Å². The lowest BCUT2D eigenvalue weighted by atomic mass is 10.0. The second kappa shape index (κ2) is 8.96. The molecule has 1 spiro atoms. The summed E-state index contributed by atoms with van der Waals surface area (Å²) in [6.07, 6.45) is 5.15. The molecule has 4 rings (SSSR count). The van der Waals surface area contributed by atoms with Gasteiger partial charge in [-0.25, -0.2) is 4.79 Å². The molecule has 2 aromatic rings. The maximum absolute atomic E-state index is 12.9. The molecule has 0 aromatic heterocycles. The Hall–Kier alpha value is -2.73. The minimum absolute atomic E-state index is 0.0569. The van der Waals surface area contributed by atoms with Gasteiger partial charge in [0.1, 0.15) is 0 Å². The number of hydrogen-bond donors (Lipinski definition) is 1. The number of piperidine rings is 1. The van der Waals surface area contributed by atoms with Gasteiger partial charge < -0.3 is 15.1 Å². The smallest absolute Gasteiger partial charge is 0.321 e. The predicted molar refractivity (Wildman–Crippen MR) is 123 cm³/mol. The van der Waals surface area contributed by atoms with Crippen molar-refractivity contribution in [3.8, 4) is 0 Å². The van der Waals surface area contributed by atoms with Crippen LogP contribution in [0.2, 0.25) is 0 Å². The SMILES string of the molecule is Cc1ccc(NC(=O)N2CCC3(CC2)SCCN3C(=O)C=Cc2ccccc2)cc1. The summed E-state index contributed by atoms with van der Waals surface area (Å²) < 4.78 is 0. The molecule has 0 saturated carbocycles. The zero-order valence-electron chi connectivity index (χ0n) is 17.2. The molecule has 3 amide bonds. The zero-order valence-corrected chi connectivity index (χ0v) is 18.0. The number of nitrogens with one attached hydrogen (secondary N) is 1. The predicted octanol–water partition coefficient (Wildman–Crippen LogP) is 4.61. The molecule has 5 nitrogen and oxygen atoms in total. The first-order valence-corrected chi connectivity index (χ1v) is 11.4. The van der Waals surface area contributed by atoms with E-state index in [0.29, 0.717) is 13.1 Å². The van der Waals surface area contributed by atoms with Gasteiger partial charge in [0.05, 0.1) is 4.87 Å². The van der Waals surface area contributed by atoms with E-state index in [1.54, 1.807) is 6.08 Å². The Balaban J connectivity index is 1.36. The third kappa shape index (κ3) is 4.54. The normalized spacial score (nSPS) is 18.2. The van der Waals surface area contributed by atoms with E-state index in [0.717, 1.165) is 42.0 Å². The average Bonchev–Trinajstić information content (AvgIpc) is 3.18. The van der Waals surface area contributed by atoms with Gasteiger partial charge in [0.25, 0.3) is 0 Å². The van der Waals surface area contributed by atoms with E-state index in [9.17, 15) is 9.59 Å². The van der Waals surface area contributed by atoms with E-state index in [4.69, 9.17) is 0 Å².